The molecule has 2 aromatic heterocycles. The molecule has 0 fully saturated rings. The van der Waals surface area contributed by atoms with Crippen molar-refractivity contribution >= 4 is 17.5 Å². The second kappa shape index (κ2) is 5.24. The van der Waals surface area contributed by atoms with Gasteiger partial charge in [-0.3, -0.25) is 4.79 Å². The molecule has 3 rings (SSSR count). The maximum atomic E-state index is 12.2. The van der Waals surface area contributed by atoms with Gasteiger partial charge in [-0.25, -0.2) is 15.0 Å². The maximum absolute atomic E-state index is 12.2. The molecule has 20 heavy (non-hydrogen) atoms. The standard InChI is InChI=1S/C14H15N5O/c15-13-12(14(20)19-11-7-3-4-8-16-11)17-9-5-1-2-6-10(9)18-13/h3-4,7-8H,1-2,5-6H2,(H2,15,18)(H,16,19,20). The zero-order valence-corrected chi connectivity index (χ0v) is 11.0. The molecule has 1 aliphatic rings. The van der Waals surface area contributed by atoms with Crippen LogP contribution in [0.5, 0.6) is 0 Å². The van der Waals surface area contributed by atoms with Gasteiger partial charge in [-0.05, 0) is 37.8 Å². The van der Waals surface area contributed by atoms with Crippen LogP contribution in [0.25, 0.3) is 0 Å². The Balaban J connectivity index is 1.88. The van der Waals surface area contributed by atoms with Gasteiger partial charge < -0.3 is 11.1 Å². The quantitative estimate of drug-likeness (QED) is 0.863. The smallest absolute Gasteiger partial charge is 0.279 e. The van der Waals surface area contributed by atoms with Gasteiger partial charge in [-0.1, -0.05) is 6.07 Å². The summed E-state index contributed by atoms with van der Waals surface area (Å²) in [5.41, 5.74) is 7.83. The molecule has 0 bridgehead atoms. The molecular formula is C14H15N5O. The lowest BCUT2D eigenvalue weighted by atomic mass is 10.0. The van der Waals surface area contributed by atoms with Crippen LogP contribution < -0.4 is 11.1 Å². The molecule has 0 unspecified atom stereocenters. The fourth-order valence-electron chi connectivity index (χ4n) is 2.28. The molecular weight excluding hydrogens is 254 g/mol. The molecule has 6 nitrogen and oxygen atoms in total. The molecule has 2 heterocycles. The third-order valence-electron chi connectivity index (χ3n) is 3.28. The molecule has 0 aromatic carbocycles. The van der Waals surface area contributed by atoms with Gasteiger partial charge in [-0.2, -0.15) is 0 Å². The Morgan fingerprint density at radius 1 is 1.15 bits per heavy atom. The van der Waals surface area contributed by atoms with Gasteiger partial charge >= 0.3 is 0 Å². The van der Waals surface area contributed by atoms with Crippen LogP contribution in [0.15, 0.2) is 24.4 Å². The number of rotatable bonds is 2. The van der Waals surface area contributed by atoms with Crippen LogP contribution in [0.1, 0.15) is 34.7 Å². The van der Waals surface area contributed by atoms with Crippen molar-refractivity contribution < 1.29 is 4.79 Å². The highest BCUT2D eigenvalue weighted by molar-refractivity contribution is 6.05. The minimum absolute atomic E-state index is 0.177. The van der Waals surface area contributed by atoms with Crippen molar-refractivity contribution in [2.45, 2.75) is 25.7 Å². The van der Waals surface area contributed by atoms with Crippen molar-refractivity contribution in [2.75, 3.05) is 11.1 Å². The third kappa shape index (κ3) is 2.45. The summed E-state index contributed by atoms with van der Waals surface area (Å²) in [6.45, 7) is 0. The number of fused-ring (bicyclic) bond motifs is 1. The Morgan fingerprint density at radius 2 is 1.90 bits per heavy atom. The summed E-state index contributed by atoms with van der Waals surface area (Å²) in [5.74, 6) is 0.276. The van der Waals surface area contributed by atoms with E-state index in [9.17, 15) is 4.79 Å². The molecule has 1 aliphatic carbocycles. The molecule has 6 heteroatoms. The molecule has 1 amide bonds. The summed E-state index contributed by atoms with van der Waals surface area (Å²) < 4.78 is 0. The average molecular weight is 269 g/mol. The number of hydrogen-bond acceptors (Lipinski definition) is 5. The fourth-order valence-corrected chi connectivity index (χ4v) is 2.28. The number of nitrogens with one attached hydrogen (secondary N) is 1. The van der Waals surface area contributed by atoms with Gasteiger partial charge in [0.2, 0.25) is 0 Å². The molecule has 0 saturated carbocycles. The van der Waals surface area contributed by atoms with Gasteiger partial charge in [0.05, 0.1) is 11.4 Å². The molecule has 0 radical (unpaired) electrons. The Labute approximate surface area is 116 Å². The number of aromatic nitrogens is 3. The Kier molecular flexibility index (Phi) is 3.28. The first kappa shape index (κ1) is 12.5. The topological polar surface area (TPSA) is 93.8 Å². The highest BCUT2D eigenvalue weighted by atomic mass is 16.2. The molecule has 0 atom stereocenters. The predicted molar refractivity (Wildman–Crippen MR) is 75.3 cm³/mol. The van der Waals surface area contributed by atoms with E-state index < -0.39 is 0 Å². The Morgan fingerprint density at radius 3 is 2.60 bits per heavy atom. The van der Waals surface area contributed by atoms with Crippen LogP contribution in [-0.4, -0.2) is 20.9 Å². The van der Waals surface area contributed by atoms with E-state index in [-0.39, 0.29) is 17.4 Å². The first-order valence-corrected chi connectivity index (χ1v) is 6.61. The van der Waals surface area contributed by atoms with E-state index in [1.165, 1.54) is 0 Å². The summed E-state index contributed by atoms with van der Waals surface area (Å²) in [4.78, 5) is 24.9. The lowest BCUT2D eigenvalue weighted by molar-refractivity contribution is 0.102. The largest absolute Gasteiger partial charge is 0.382 e. The van der Waals surface area contributed by atoms with Crippen LogP contribution in [-0.2, 0) is 12.8 Å². The summed E-state index contributed by atoms with van der Waals surface area (Å²) in [6.07, 6.45) is 5.52. The summed E-state index contributed by atoms with van der Waals surface area (Å²) in [6, 6.07) is 5.28. The second-order valence-electron chi connectivity index (χ2n) is 4.73. The van der Waals surface area contributed by atoms with Crippen LogP contribution in [0.3, 0.4) is 0 Å². The van der Waals surface area contributed by atoms with Crippen molar-refractivity contribution in [3.63, 3.8) is 0 Å². The minimum atomic E-state index is -0.373. The number of nitrogens with two attached hydrogens (primary N) is 1. The predicted octanol–water partition coefficient (Wildman–Crippen LogP) is 1.58. The number of carbonyl (C=O) groups excluding carboxylic acids is 1. The number of nitrogens with zero attached hydrogens (tertiary/aromatic N) is 3. The van der Waals surface area contributed by atoms with Crippen LogP contribution in [0.2, 0.25) is 0 Å². The fraction of sp³-hybridized carbons (Fsp3) is 0.286. The van der Waals surface area contributed by atoms with E-state index in [2.05, 4.69) is 20.3 Å². The Hall–Kier alpha value is -2.50. The molecule has 102 valence electrons. The number of pyridine rings is 1. The van der Waals surface area contributed by atoms with Gasteiger partial charge in [0.1, 0.15) is 5.82 Å². The molecule has 0 spiro atoms. The number of anilines is 2. The summed E-state index contributed by atoms with van der Waals surface area (Å²) in [7, 11) is 0. The van der Waals surface area contributed by atoms with E-state index in [1.54, 1.807) is 24.4 Å². The highest BCUT2D eigenvalue weighted by Crippen LogP contribution is 2.20. The first-order chi connectivity index (χ1) is 9.74. The Bertz CT molecular complexity index is 642. The molecule has 0 saturated heterocycles. The summed E-state index contributed by atoms with van der Waals surface area (Å²) >= 11 is 0. The van der Waals surface area contributed by atoms with Crippen LogP contribution in [0.4, 0.5) is 11.6 Å². The third-order valence-corrected chi connectivity index (χ3v) is 3.28. The number of aryl methyl sites for hydroxylation is 2. The molecule has 2 aromatic rings. The van der Waals surface area contributed by atoms with Crippen molar-refractivity contribution in [1.82, 2.24) is 15.0 Å². The number of carbonyl (C=O) groups is 1. The van der Waals surface area contributed by atoms with Gasteiger partial charge in [0, 0.05) is 6.20 Å². The van der Waals surface area contributed by atoms with Gasteiger partial charge in [0.25, 0.3) is 5.91 Å². The van der Waals surface area contributed by atoms with Gasteiger partial charge in [-0.15, -0.1) is 0 Å². The van der Waals surface area contributed by atoms with Crippen molar-refractivity contribution in [3.05, 3.63) is 41.5 Å². The lowest BCUT2D eigenvalue weighted by Gasteiger charge is -2.15. The maximum Gasteiger partial charge on any atom is 0.279 e. The van der Waals surface area contributed by atoms with Crippen molar-refractivity contribution in [2.24, 2.45) is 0 Å². The minimum Gasteiger partial charge on any atom is -0.382 e. The first-order valence-electron chi connectivity index (χ1n) is 6.61. The lowest BCUT2D eigenvalue weighted by Crippen LogP contribution is -2.21. The zero-order valence-electron chi connectivity index (χ0n) is 11.0. The van der Waals surface area contributed by atoms with Crippen molar-refractivity contribution in [1.29, 1.82) is 0 Å². The van der Waals surface area contributed by atoms with Crippen LogP contribution in [0, 0.1) is 0 Å². The molecule has 0 aliphatic heterocycles. The van der Waals surface area contributed by atoms with E-state index in [4.69, 9.17) is 5.73 Å². The second-order valence-corrected chi connectivity index (χ2v) is 4.73. The zero-order chi connectivity index (χ0) is 13.9. The average Bonchev–Trinajstić information content (AvgIpc) is 2.47. The monoisotopic (exact) mass is 269 g/mol. The van der Waals surface area contributed by atoms with E-state index in [0.29, 0.717) is 5.82 Å². The van der Waals surface area contributed by atoms with Gasteiger partial charge in [0.15, 0.2) is 11.5 Å². The van der Waals surface area contributed by atoms with E-state index >= 15 is 0 Å². The van der Waals surface area contributed by atoms with E-state index in [0.717, 1.165) is 37.1 Å². The normalized spacial score (nSPS) is 13.6. The SMILES string of the molecule is Nc1nc2c(nc1C(=O)Nc1ccccn1)CCCC2. The highest BCUT2D eigenvalue weighted by Gasteiger charge is 2.19. The summed E-state index contributed by atoms with van der Waals surface area (Å²) in [5, 5.41) is 2.67. The van der Waals surface area contributed by atoms with Crippen molar-refractivity contribution in [3.8, 4) is 0 Å². The number of hydrogen-bond donors (Lipinski definition) is 2. The number of nitrogen functional groups attached to an aromatic ring is 1. The molecule has 3 N–H and O–H groups in total. The number of amides is 1. The van der Waals surface area contributed by atoms with Crippen LogP contribution >= 0.6 is 0 Å². The van der Waals surface area contributed by atoms with E-state index in [1.807, 2.05) is 0 Å².